The summed E-state index contributed by atoms with van der Waals surface area (Å²) in [6.07, 6.45) is 2.79. The van der Waals surface area contributed by atoms with E-state index in [0.29, 0.717) is 17.5 Å². The van der Waals surface area contributed by atoms with Gasteiger partial charge >= 0.3 is 0 Å². The molecular formula is C15H13N3. The molecule has 1 heterocycles. The van der Waals surface area contributed by atoms with Crippen LogP contribution in [0.1, 0.15) is 23.5 Å². The van der Waals surface area contributed by atoms with Gasteiger partial charge in [0.25, 0.3) is 0 Å². The highest BCUT2D eigenvalue weighted by atomic mass is 15.0. The molecule has 1 aliphatic carbocycles. The first-order chi connectivity index (χ1) is 8.86. The molecule has 2 unspecified atom stereocenters. The Kier molecular flexibility index (Phi) is 2.70. The van der Waals surface area contributed by atoms with Crippen molar-refractivity contribution in [2.75, 3.05) is 5.32 Å². The average Bonchev–Trinajstić information content (AvgIpc) is 3.19. The molecular weight excluding hydrogens is 222 g/mol. The standard InChI is InChI=1S/C15H13N3/c16-10-11-6-7-17-15(8-11)18-14-9-13(14)12-4-2-1-3-5-12/h1-8,13-14H,9H2,(H,17,18). The largest absolute Gasteiger partial charge is 0.367 e. The molecule has 0 amide bonds. The van der Waals surface area contributed by atoms with Crippen molar-refractivity contribution in [1.82, 2.24) is 4.98 Å². The molecule has 18 heavy (non-hydrogen) atoms. The van der Waals surface area contributed by atoms with Crippen molar-refractivity contribution < 1.29 is 0 Å². The predicted octanol–water partition coefficient (Wildman–Crippen LogP) is 2.92. The van der Waals surface area contributed by atoms with Crippen molar-refractivity contribution in [3.05, 3.63) is 59.8 Å². The molecule has 0 spiro atoms. The number of hydrogen-bond donors (Lipinski definition) is 1. The third-order valence-corrected chi connectivity index (χ3v) is 3.24. The topological polar surface area (TPSA) is 48.7 Å². The summed E-state index contributed by atoms with van der Waals surface area (Å²) in [4.78, 5) is 4.23. The molecule has 1 fully saturated rings. The van der Waals surface area contributed by atoms with E-state index in [1.54, 1.807) is 18.3 Å². The minimum Gasteiger partial charge on any atom is -0.367 e. The third-order valence-electron chi connectivity index (χ3n) is 3.24. The van der Waals surface area contributed by atoms with Gasteiger partial charge in [-0.15, -0.1) is 0 Å². The molecule has 2 atom stereocenters. The van der Waals surface area contributed by atoms with E-state index in [1.165, 1.54) is 5.56 Å². The average molecular weight is 235 g/mol. The van der Waals surface area contributed by atoms with Crippen LogP contribution in [0.2, 0.25) is 0 Å². The fourth-order valence-corrected chi connectivity index (χ4v) is 2.19. The second kappa shape index (κ2) is 4.50. The second-order valence-corrected chi connectivity index (χ2v) is 4.55. The van der Waals surface area contributed by atoms with E-state index in [2.05, 4.69) is 40.6 Å². The van der Waals surface area contributed by atoms with Crippen molar-refractivity contribution >= 4 is 5.82 Å². The lowest BCUT2D eigenvalue weighted by atomic mass is 10.1. The molecule has 88 valence electrons. The van der Waals surface area contributed by atoms with Crippen LogP contribution in [-0.2, 0) is 0 Å². The lowest BCUT2D eigenvalue weighted by Gasteiger charge is -2.05. The molecule has 1 N–H and O–H groups in total. The number of nitrogens with zero attached hydrogens (tertiary/aromatic N) is 2. The summed E-state index contributed by atoms with van der Waals surface area (Å²) >= 11 is 0. The smallest absolute Gasteiger partial charge is 0.127 e. The van der Waals surface area contributed by atoms with Crippen LogP contribution in [0, 0.1) is 11.3 Å². The van der Waals surface area contributed by atoms with E-state index in [-0.39, 0.29) is 0 Å². The highest BCUT2D eigenvalue weighted by molar-refractivity contribution is 5.46. The summed E-state index contributed by atoms with van der Waals surface area (Å²) in [6, 6.07) is 16.6. The Morgan fingerprint density at radius 2 is 2.06 bits per heavy atom. The monoisotopic (exact) mass is 235 g/mol. The molecule has 0 radical (unpaired) electrons. The molecule has 3 nitrogen and oxygen atoms in total. The Labute approximate surface area is 106 Å². The Morgan fingerprint density at radius 3 is 2.83 bits per heavy atom. The van der Waals surface area contributed by atoms with Crippen molar-refractivity contribution in [3.8, 4) is 6.07 Å². The van der Waals surface area contributed by atoms with E-state index in [9.17, 15) is 0 Å². The number of benzene rings is 1. The Morgan fingerprint density at radius 1 is 1.22 bits per heavy atom. The van der Waals surface area contributed by atoms with Crippen molar-refractivity contribution in [2.45, 2.75) is 18.4 Å². The zero-order chi connectivity index (χ0) is 12.4. The first kappa shape index (κ1) is 10.8. The number of rotatable bonds is 3. The molecule has 0 bridgehead atoms. The van der Waals surface area contributed by atoms with Crippen molar-refractivity contribution in [2.24, 2.45) is 0 Å². The third kappa shape index (κ3) is 2.18. The number of anilines is 1. The van der Waals surface area contributed by atoms with Crippen LogP contribution >= 0.6 is 0 Å². The molecule has 2 aromatic rings. The van der Waals surface area contributed by atoms with Gasteiger partial charge in [-0.2, -0.15) is 5.26 Å². The minimum atomic E-state index is 0.439. The summed E-state index contributed by atoms with van der Waals surface area (Å²) in [5, 5.41) is 12.2. The van der Waals surface area contributed by atoms with E-state index >= 15 is 0 Å². The van der Waals surface area contributed by atoms with Gasteiger partial charge in [0.2, 0.25) is 0 Å². The highest BCUT2D eigenvalue weighted by Gasteiger charge is 2.38. The van der Waals surface area contributed by atoms with Gasteiger partial charge in [0.15, 0.2) is 0 Å². The quantitative estimate of drug-likeness (QED) is 0.889. The summed E-state index contributed by atoms with van der Waals surface area (Å²) in [5.41, 5.74) is 2.01. The number of aromatic nitrogens is 1. The van der Waals surface area contributed by atoms with Crippen LogP contribution in [0.3, 0.4) is 0 Å². The molecule has 1 aliphatic rings. The van der Waals surface area contributed by atoms with Crippen LogP contribution in [0.25, 0.3) is 0 Å². The molecule has 3 heteroatoms. The molecule has 0 saturated heterocycles. The van der Waals surface area contributed by atoms with Crippen LogP contribution in [0.15, 0.2) is 48.7 Å². The summed E-state index contributed by atoms with van der Waals surface area (Å²) < 4.78 is 0. The molecule has 0 aliphatic heterocycles. The SMILES string of the molecule is N#Cc1ccnc(NC2CC2c2ccccc2)c1. The maximum Gasteiger partial charge on any atom is 0.127 e. The Hall–Kier alpha value is -2.34. The fraction of sp³-hybridized carbons (Fsp3) is 0.200. The van der Waals surface area contributed by atoms with Gasteiger partial charge in [-0.1, -0.05) is 30.3 Å². The minimum absolute atomic E-state index is 0.439. The fourth-order valence-electron chi connectivity index (χ4n) is 2.19. The zero-order valence-corrected chi connectivity index (χ0v) is 9.88. The van der Waals surface area contributed by atoms with Gasteiger partial charge in [-0.25, -0.2) is 4.98 Å². The number of nitriles is 1. The van der Waals surface area contributed by atoms with Crippen molar-refractivity contribution in [1.29, 1.82) is 5.26 Å². The summed E-state index contributed by atoms with van der Waals surface area (Å²) in [5.74, 6) is 1.36. The lowest BCUT2D eigenvalue weighted by Crippen LogP contribution is -2.05. The zero-order valence-electron chi connectivity index (χ0n) is 9.88. The van der Waals surface area contributed by atoms with Gasteiger partial charge in [-0.05, 0) is 24.1 Å². The van der Waals surface area contributed by atoms with E-state index < -0.39 is 0 Å². The molecule has 1 aromatic heterocycles. The number of nitrogens with one attached hydrogen (secondary N) is 1. The molecule has 1 aromatic carbocycles. The van der Waals surface area contributed by atoms with Crippen LogP contribution in [0.5, 0.6) is 0 Å². The van der Waals surface area contributed by atoms with Gasteiger partial charge in [0.1, 0.15) is 5.82 Å². The maximum absolute atomic E-state index is 8.84. The van der Waals surface area contributed by atoms with Crippen LogP contribution < -0.4 is 5.32 Å². The number of pyridine rings is 1. The van der Waals surface area contributed by atoms with Gasteiger partial charge in [0.05, 0.1) is 11.6 Å². The first-order valence-corrected chi connectivity index (χ1v) is 6.04. The summed E-state index contributed by atoms with van der Waals surface area (Å²) in [6.45, 7) is 0. The van der Waals surface area contributed by atoms with Gasteiger partial charge in [-0.3, -0.25) is 0 Å². The molecule has 1 saturated carbocycles. The van der Waals surface area contributed by atoms with Gasteiger partial charge in [0, 0.05) is 18.2 Å². The second-order valence-electron chi connectivity index (χ2n) is 4.55. The molecule has 3 rings (SSSR count). The normalized spacial score (nSPS) is 21.1. The maximum atomic E-state index is 8.84. The van der Waals surface area contributed by atoms with Crippen molar-refractivity contribution in [3.63, 3.8) is 0 Å². The van der Waals surface area contributed by atoms with Gasteiger partial charge < -0.3 is 5.32 Å². The lowest BCUT2D eigenvalue weighted by molar-refractivity contribution is 1.03. The summed E-state index contributed by atoms with van der Waals surface area (Å²) in [7, 11) is 0. The first-order valence-electron chi connectivity index (χ1n) is 6.04. The van der Waals surface area contributed by atoms with Crippen LogP contribution in [0.4, 0.5) is 5.82 Å². The van der Waals surface area contributed by atoms with E-state index in [4.69, 9.17) is 5.26 Å². The Balaban J connectivity index is 1.68. The Bertz CT molecular complexity index is 586. The predicted molar refractivity (Wildman–Crippen MR) is 70.2 cm³/mol. The van der Waals surface area contributed by atoms with E-state index in [0.717, 1.165) is 12.2 Å². The van der Waals surface area contributed by atoms with Crippen LogP contribution in [-0.4, -0.2) is 11.0 Å². The van der Waals surface area contributed by atoms with E-state index in [1.807, 2.05) is 6.07 Å². The number of hydrogen-bond acceptors (Lipinski definition) is 3. The highest BCUT2D eigenvalue weighted by Crippen LogP contribution is 2.42.